The Morgan fingerprint density at radius 1 is 0.972 bits per heavy atom. The second kappa shape index (κ2) is 10.2. The largest absolute Gasteiger partial charge is 0.493 e. The van der Waals surface area contributed by atoms with E-state index < -0.39 is 0 Å². The van der Waals surface area contributed by atoms with Gasteiger partial charge < -0.3 is 19.1 Å². The molecule has 5 rings (SSSR count). The molecule has 1 amide bonds. The number of methoxy groups -OCH3 is 3. The van der Waals surface area contributed by atoms with E-state index in [4.69, 9.17) is 14.2 Å². The molecule has 3 aromatic rings. The van der Waals surface area contributed by atoms with Crippen LogP contribution in [0.4, 0.5) is 0 Å². The van der Waals surface area contributed by atoms with Crippen molar-refractivity contribution in [2.24, 2.45) is 0 Å². The van der Waals surface area contributed by atoms with E-state index in [1.54, 1.807) is 27.5 Å². The summed E-state index contributed by atoms with van der Waals surface area (Å²) in [6.45, 7) is 4.07. The van der Waals surface area contributed by atoms with Crippen LogP contribution in [0.3, 0.4) is 0 Å². The van der Waals surface area contributed by atoms with E-state index >= 15 is 0 Å². The van der Waals surface area contributed by atoms with E-state index in [0.717, 1.165) is 23.3 Å². The zero-order valence-corrected chi connectivity index (χ0v) is 21.4. The molecule has 0 unspecified atom stereocenters. The summed E-state index contributed by atoms with van der Waals surface area (Å²) in [5, 5.41) is 0. The molecule has 36 heavy (non-hydrogen) atoms. The number of amides is 1. The summed E-state index contributed by atoms with van der Waals surface area (Å²) < 4.78 is 16.6. The van der Waals surface area contributed by atoms with Crippen LogP contribution in [0.5, 0.6) is 17.4 Å². The van der Waals surface area contributed by atoms with Crippen LogP contribution in [0.15, 0.2) is 54.7 Å². The number of nitrogens with zero attached hydrogens (tertiary/aromatic N) is 3. The lowest BCUT2D eigenvalue weighted by atomic mass is 9.89. The highest BCUT2D eigenvalue weighted by molar-refractivity contribution is 5.83. The lowest BCUT2D eigenvalue weighted by Crippen LogP contribution is -2.53. The van der Waals surface area contributed by atoms with Gasteiger partial charge in [0.2, 0.25) is 11.8 Å². The van der Waals surface area contributed by atoms with Gasteiger partial charge in [-0.3, -0.25) is 9.69 Å². The Kier molecular flexibility index (Phi) is 6.83. The Morgan fingerprint density at radius 3 is 2.47 bits per heavy atom. The minimum absolute atomic E-state index is 0.0620. The van der Waals surface area contributed by atoms with Gasteiger partial charge in [0, 0.05) is 31.4 Å². The van der Waals surface area contributed by atoms with E-state index in [0.29, 0.717) is 37.7 Å². The molecular weight excluding hydrogens is 454 g/mol. The van der Waals surface area contributed by atoms with Crippen LogP contribution >= 0.6 is 0 Å². The van der Waals surface area contributed by atoms with Crippen LogP contribution in [-0.4, -0.2) is 54.6 Å². The number of fused-ring (bicyclic) bond motifs is 2. The molecule has 2 aromatic carbocycles. The average molecular weight is 488 g/mol. The Labute approximate surface area is 212 Å². The van der Waals surface area contributed by atoms with Gasteiger partial charge in [0.15, 0.2) is 11.5 Å². The molecule has 0 radical (unpaired) electrons. The van der Waals surface area contributed by atoms with E-state index in [2.05, 4.69) is 41.1 Å². The van der Waals surface area contributed by atoms with Crippen LogP contribution in [0.25, 0.3) is 0 Å². The standard InChI is InChI=1S/C29H33N3O4/c1-19-24-16-27(35-3)26(34-2)15-21(24)11-13-32(19)29(33)25-14-20-8-5-6-9-22(20)17-31(25)18-23-10-7-12-30-28(23)36-4/h5-10,12,15-16,19,25H,11,13-14,17-18H2,1-4H3/t19-,25+/m1/s1. The van der Waals surface area contributed by atoms with E-state index in [1.165, 1.54) is 16.7 Å². The van der Waals surface area contributed by atoms with Crippen molar-refractivity contribution in [2.45, 2.75) is 44.9 Å². The third-order valence-electron chi connectivity index (χ3n) is 7.52. The van der Waals surface area contributed by atoms with E-state index in [1.807, 2.05) is 29.2 Å². The smallest absolute Gasteiger partial charge is 0.240 e. The van der Waals surface area contributed by atoms with Gasteiger partial charge >= 0.3 is 0 Å². The number of ether oxygens (including phenoxy) is 3. The topological polar surface area (TPSA) is 64.1 Å². The number of aromatic nitrogens is 1. The highest BCUT2D eigenvalue weighted by atomic mass is 16.5. The summed E-state index contributed by atoms with van der Waals surface area (Å²) in [6, 6.07) is 16.1. The van der Waals surface area contributed by atoms with Crippen molar-refractivity contribution in [3.05, 3.63) is 82.5 Å². The predicted octanol–water partition coefficient (Wildman–Crippen LogP) is 4.18. The normalized spacial score (nSPS) is 19.3. The number of pyridine rings is 1. The number of hydrogen-bond donors (Lipinski definition) is 0. The molecule has 0 saturated carbocycles. The summed E-state index contributed by atoms with van der Waals surface area (Å²) in [5.41, 5.74) is 5.80. The van der Waals surface area contributed by atoms with Crippen molar-refractivity contribution in [1.29, 1.82) is 0 Å². The van der Waals surface area contributed by atoms with Gasteiger partial charge in [-0.1, -0.05) is 30.3 Å². The van der Waals surface area contributed by atoms with Gasteiger partial charge in [0.1, 0.15) is 0 Å². The SMILES string of the molecule is COc1cc2c(cc1OC)[C@@H](C)N(C(=O)[C@@H]1Cc3ccccc3CN1Cc1cccnc1OC)CC2. The first kappa shape index (κ1) is 24.1. The van der Waals surface area contributed by atoms with Crippen LogP contribution in [0.2, 0.25) is 0 Å². The Balaban J connectivity index is 1.46. The van der Waals surface area contributed by atoms with E-state index in [9.17, 15) is 4.79 Å². The molecule has 0 fully saturated rings. The van der Waals surface area contributed by atoms with Crippen molar-refractivity contribution >= 4 is 5.91 Å². The molecule has 0 spiro atoms. The average Bonchev–Trinajstić information content (AvgIpc) is 2.92. The zero-order chi connectivity index (χ0) is 25.2. The minimum atomic E-state index is -0.269. The Bertz CT molecular complexity index is 1260. The first-order valence-corrected chi connectivity index (χ1v) is 12.4. The van der Waals surface area contributed by atoms with Gasteiger partial charge in [-0.25, -0.2) is 4.98 Å². The number of carbonyl (C=O) groups is 1. The molecule has 2 atom stereocenters. The van der Waals surface area contributed by atoms with Crippen LogP contribution in [0.1, 0.15) is 40.8 Å². The van der Waals surface area contributed by atoms with Gasteiger partial charge in [-0.05, 0) is 60.2 Å². The number of rotatable bonds is 6. The molecule has 7 heteroatoms. The molecule has 3 heterocycles. The fourth-order valence-corrected chi connectivity index (χ4v) is 5.57. The molecule has 1 aromatic heterocycles. The summed E-state index contributed by atoms with van der Waals surface area (Å²) >= 11 is 0. The molecule has 0 bridgehead atoms. The maximum absolute atomic E-state index is 14.2. The van der Waals surface area contributed by atoms with Crippen molar-refractivity contribution in [3.63, 3.8) is 0 Å². The number of hydrogen-bond acceptors (Lipinski definition) is 6. The quantitative estimate of drug-likeness (QED) is 0.520. The van der Waals surface area contributed by atoms with Gasteiger partial charge in [0.05, 0.1) is 33.4 Å². The third-order valence-corrected chi connectivity index (χ3v) is 7.52. The maximum Gasteiger partial charge on any atom is 0.240 e. The number of benzene rings is 2. The zero-order valence-electron chi connectivity index (χ0n) is 21.4. The predicted molar refractivity (Wildman–Crippen MR) is 137 cm³/mol. The van der Waals surface area contributed by atoms with Crippen molar-refractivity contribution < 1.29 is 19.0 Å². The monoisotopic (exact) mass is 487 g/mol. The minimum Gasteiger partial charge on any atom is -0.493 e. The fourth-order valence-electron chi connectivity index (χ4n) is 5.57. The Morgan fingerprint density at radius 2 is 1.72 bits per heavy atom. The molecular formula is C29H33N3O4. The molecule has 7 nitrogen and oxygen atoms in total. The fraction of sp³-hybridized carbons (Fsp3) is 0.379. The van der Waals surface area contributed by atoms with Crippen molar-refractivity contribution in [1.82, 2.24) is 14.8 Å². The summed E-state index contributed by atoms with van der Waals surface area (Å²) in [6.07, 6.45) is 3.19. The van der Waals surface area contributed by atoms with Crippen molar-refractivity contribution in [3.8, 4) is 17.4 Å². The van der Waals surface area contributed by atoms with Crippen LogP contribution in [-0.2, 0) is 30.7 Å². The molecule has 188 valence electrons. The Hall–Kier alpha value is -3.58. The van der Waals surface area contributed by atoms with Crippen LogP contribution < -0.4 is 14.2 Å². The number of carbonyl (C=O) groups excluding carboxylic acids is 1. The highest BCUT2D eigenvalue weighted by Gasteiger charge is 2.38. The van der Waals surface area contributed by atoms with Crippen molar-refractivity contribution in [2.75, 3.05) is 27.9 Å². The molecule has 2 aliphatic rings. The second-order valence-electron chi connectivity index (χ2n) is 9.43. The van der Waals surface area contributed by atoms with Gasteiger partial charge in [-0.15, -0.1) is 0 Å². The lowest BCUT2D eigenvalue weighted by molar-refractivity contribution is -0.140. The van der Waals surface area contributed by atoms with Gasteiger partial charge in [-0.2, -0.15) is 0 Å². The highest BCUT2D eigenvalue weighted by Crippen LogP contribution is 2.39. The summed E-state index contributed by atoms with van der Waals surface area (Å²) in [4.78, 5) is 22.9. The summed E-state index contributed by atoms with van der Waals surface area (Å²) in [5.74, 6) is 2.17. The third kappa shape index (κ3) is 4.39. The first-order chi connectivity index (χ1) is 17.5. The molecule has 2 aliphatic heterocycles. The van der Waals surface area contributed by atoms with Gasteiger partial charge in [0.25, 0.3) is 0 Å². The van der Waals surface area contributed by atoms with Crippen LogP contribution in [0, 0.1) is 0 Å². The second-order valence-corrected chi connectivity index (χ2v) is 9.43. The maximum atomic E-state index is 14.2. The van der Waals surface area contributed by atoms with E-state index in [-0.39, 0.29) is 18.0 Å². The molecule has 0 aliphatic carbocycles. The first-order valence-electron chi connectivity index (χ1n) is 12.4. The summed E-state index contributed by atoms with van der Waals surface area (Å²) in [7, 11) is 4.93. The lowest BCUT2D eigenvalue weighted by Gasteiger charge is -2.42. The molecule has 0 N–H and O–H groups in total. The molecule has 0 saturated heterocycles.